The number of rotatable bonds is 8. The van der Waals surface area contributed by atoms with Crippen LogP contribution in [0, 0.1) is 29.6 Å². The molecule has 0 unspecified atom stereocenters. The van der Waals surface area contributed by atoms with Crippen molar-refractivity contribution in [2.75, 3.05) is 18.5 Å². The highest BCUT2D eigenvalue weighted by Gasteiger charge is 2.62. The van der Waals surface area contributed by atoms with Crippen molar-refractivity contribution >= 4 is 29.4 Å². The van der Waals surface area contributed by atoms with Crippen LogP contribution in [0.25, 0.3) is 0 Å². The number of ether oxygens (including phenoxy) is 2. The Hall–Kier alpha value is -2.90. The predicted molar refractivity (Wildman–Crippen MR) is 115 cm³/mol. The van der Waals surface area contributed by atoms with Gasteiger partial charge in [-0.3, -0.25) is 19.3 Å². The van der Waals surface area contributed by atoms with E-state index in [1.165, 1.54) is 0 Å². The van der Waals surface area contributed by atoms with E-state index in [-0.39, 0.29) is 41.4 Å². The van der Waals surface area contributed by atoms with Crippen molar-refractivity contribution in [3.05, 3.63) is 24.3 Å². The molecule has 172 valence electrons. The average Bonchev–Trinajstić information content (AvgIpc) is 3.44. The van der Waals surface area contributed by atoms with Crippen LogP contribution in [0.15, 0.2) is 24.3 Å². The number of hydrogen-bond acceptors (Lipinski definition) is 6. The van der Waals surface area contributed by atoms with Gasteiger partial charge in [0.05, 0.1) is 24.1 Å². The number of imide groups is 1. The van der Waals surface area contributed by atoms with Crippen LogP contribution in [-0.2, 0) is 23.9 Å². The Bertz CT molecular complexity index is 901. The first-order chi connectivity index (χ1) is 15.3. The number of benzene rings is 1. The topological polar surface area (TPSA) is 102 Å². The Morgan fingerprint density at radius 3 is 2.31 bits per heavy atom. The van der Waals surface area contributed by atoms with Crippen LogP contribution >= 0.6 is 0 Å². The second-order valence-corrected chi connectivity index (χ2v) is 9.21. The Morgan fingerprint density at radius 2 is 1.72 bits per heavy atom. The lowest BCUT2D eigenvalue weighted by atomic mass is 9.81. The molecule has 1 heterocycles. The van der Waals surface area contributed by atoms with Crippen molar-refractivity contribution in [1.29, 1.82) is 0 Å². The summed E-state index contributed by atoms with van der Waals surface area (Å²) in [6.45, 7) is 5.31. The molecule has 8 nitrogen and oxygen atoms in total. The number of para-hydroxylation sites is 2. The smallest absolute Gasteiger partial charge is 0.330 e. The van der Waals surface area contributed by atoms with Gasteiger partial charge in [0.25, 0.3) is 5.91 Å². The summed E-state index contributed by atoms with van der Waals surface area (Å²) in [5.41, 5.74) is 0.476. The lowest BCUT2D eigenvalue weighted by Gasteiger charge is -2.28. The van der Waals surface area contributed by atoms with Gasteiger partial charge in [-0.25, -0.2) is 4.79 Å². The van der Waals surface area contributed by atoms with Gasteiger partial charge < -0.3 is 14.8 Å². The maximum absolute atomic E-state index is 13.1. The molecule has 0 spiro atoms. The van der Waals surface area contributed by atoms with E-state index >= 15 is 0 Å². The maximum atomic E-state index is 13.1. The van der Waals surface area contributed by atoms with Gasteiger partial charge in [-0.2, -0.15) is 0 Å². The molecule has 8 heteroatoms. The third-order valence-electron chi connectivity index (χ3n) is 6.92. The molecule has 0 aromatic heterocycles. The highest BCUT2D eigenvalue weighted by atomic mass is 16.5. The molecule has 2 aliphatic carbocycles. The molecule has 1 N–H and O–H groups in total. The van der Waals surface area contributed by atoms with Crippen LogP contribution in [0.3, 0.4) is 0 Å². The van der Waals surface area contributed by atoms with E-state index in [0.717, 1.165) is 24.2 Å². The van der Waals surface area contributed by atoms with E-state index < -0.39 is 24.5 Å². The minimum Gasteiger partial charge on any atom is -0.492 e. The normalized spacial score (nSPS) is 26.9. The molecule has 2 saturated carbocycles. The number of nitrogens with zero attached hydrogens (tertiary/aromatic N) is 1. The number of nitrogens with one attached hydrogen (secondary N) is 1. The number of fused-ring (bicyclic) bond motifs is 5. The molecule has 32 heavy (non-hydrogen) atoms. The fourth-order valence-corrected chi connectivity index (χ4v) is 5.64. The quantitative estimate of drug-likeness (QED) is 0.491. The highest BCUT2D eigenvalue weighted by molar-refractivity contribution is 6.08. The summed E-state index contributed by atoms with van der Waals surface area (Å²) >= 11 is 0. The van der Waals surface area contributed by atoms with Crippen LogP contribution < -0.4 is 10.1 Å². The fraction of sp³-hybridized carbons (Fsp3) is 0.583. The standard InChI is InChI=1S/C24H30N2O6/c1-4-31-17-8-6-5-7-16(17)25-18(27)12-32-24(30)21(13(2)3)26-22(28)19-14-9-10-15(11-14)20(19)23(26)29/h5-8,13-15,19-21H,4,9-12H2,1-3H3,(H,25,27)/t14-,15-,19+,20+,21-/m0/s1. The molecule has 0 radical (unpaired) electrons. The van der Waals surface area contributed by atoms with Gasteiger partial charge in [0.2, 0.25) is 11.8 Å². The van der Waals surface area contributed by atoms with Crippen LogP contribution in [0.4, 0.5) is 5.69 Å². The SMILES string of the molecule is CCOc1ccccc1NC(=O)COC(=O)[C@H](C(C)C)N1C(=O)[C@@H]2[C@H]3CC[C@@H](C3)[C@H]2C1=O. The second-order valence-electron chi connectivity index (χ2n) is 9.21. The van der Waals surface area contributed by atoms with Gasteiger partial charge in [0.1, 0.15) is 11.8 Å². The fourth-order valence-electron chi connectivity index (χ4n) is 5.64. The monoisotopic (exact) mass is 442 g/mol. The Kier molecular flexibility index (Phi) is 6.22. The summed E-state index contributed by atoms with van der Waals surface area (Å²) < 4.78 is 10.7. The Balaban J connectivity index is 1.41. The Morgan fingerprint density at radius 1 is 1.09 bits per heavy atom. The molecule has 4 rings (SSSR count). The van der Waals surface area contributed by atoms with E-state index in [2.05, 4.69) is 5.32 Å². The van der Waals surface area contributed by atoms with Crippen LogP contribution in [-0.4, -0.2) is 47.8 Å². The number of likely N-dealkylation sites (tertiary alicyclic amines) is 1. The van der Waals surface area contributed by atoms with Crippen LogP contribution in [0.1, 0.15) is 40.0 Å². The van der Waals surface area contributed by atoms with Crippen molar-refractivity contribution < 1.29 is 28.7 Å². The summed E-state index contributed by atoms with van der Waals surface area (Å²) in [7, 11) is 0. The predicted octanol–water partition coefficient (Wildman–Crippen LogP) is 2.62. The largest absolute Gasteiger partial charge is 0.492 e. The van der Waals surface area contributed by atoms with E-state index in [1.54, 1.807) is 38.1 Å². The van der Waals surface area contributed by atoms with E-state index in [9.17, 15) is 19.2 Å². The van der Waals surface area contributed by atoms with E-state index in [4.69, 9.17) is 9.47 Å². The first-order valence-corrected chi connectivity index (χ1v) is 11.4. The summed E-state index contributed by atoms with van der Waals surface area (Å²) in [5.74, 6) is -1.68. The first kappa shape index (κ1) is 22.3. The number of esters is 1. The molecule has 1 aromatic carbocycles. The average molecular weight is 443 g/mol. The zero-order valence-corrected chi connectivity index (χ0v) is 18.7. The summed E-state index contributed by atoms with van der Waals surface area (Å²) in [4.78, 5) is 52.7. The summed E-state index contributed by atoms with van der Waals surface area (Å²) in [5, 5.41) is 2.67. The van der Waals surface area contributed by atoms with Gasteiger partial charge in [0, 0.05) is 0 Å². The van der Waals surface area contributed by atoms with Crippen molar-refractivity contribution in [3.63, 3.8) is 0 Å². The highest BCUT2D eigenvalue weighted by Crippen LogP contribution is 2.56. The van der Waals surface area contributed by atoms with Crippen molar-refractivity contribution in [3.8, 4) is 5.75 Å². The number of anilines is 1. The first-order valence-electron chi connectivity index (χ1n) is 11.4. The van der Waals surface area contributed by atoms with E-state index in [0.29, 0.717) is 18.0 Å². The van der Waals surface area contributed by atoms with Crippen LogP contribution in [0.5, 0.6) is 5.75 Å². The molecular formula is C24H30N2O6. The van der Waals surface area contributed by atoms with Crippen molar-refractivity contribution in [1.82, 2.24) is 4.90 Å². The lowest BCUT2D eigenvalue weighted by molar-refractivity contribution is -0.162. The molecule has 3 aliphatic rings. The number of carbonyl (C=O) groups is 4. The molecule has 2 bridgehead atoms. The minimum atomic E-state index is -1.02. The van der Waals surface area contributed by atoms with Gasteiger partial charge in [-0.15, -0.1) is 0 Å². The van der Waals surface area contributed by atoms with Gasteiger partial charge in [0.15, 0.2) is 6.61 Å². The number of amides is 3. The summed E-state index contributed by atoms with van der Waals surface area (Å²) in [6.07, 6.45) is 2.87. The molecule has 1 aromatic rings. The third-order valence-corrected chi connectivity index (χ3v) is 6.92. The third kappa shape index (κ3) is 3.87. The molecule has 1 saturated heterocycles. The molecule has 3 fully saturated rings. The van der Waals surface area contributed by atoms with Gasteiger partial charge in [-0.1, -0.05) is 26.0 Å². The molecule has 5 atom stereocenters. The zero-order valence-electron chi connectivity index (χ0n) is 18.7. The van der Waals surface area contributed by atoms with Gasteiger partial charge >= 0.3 is 5.97 Å². The second kappa shape index (κ2) is 8.92. The van der Waals surface area contributed by atoms with Crippen molar-refractivity contribution in [2.24, 2.45) is 29.6 Å². The van der Waals surface area contributed by atoms with Crippen LogP contribution in [0.2, 0.25) is 0 Å². The minimum absolute atomic E-state index is 0.242. The van der Waals surface area contributed by atoms with Crippen molar-refractivity contribution in [2.45, 2.75) is 46.1 Å². The number of hydrogen-bond donors (Lipinski definition) is 1. The molecule has 1 aliphatic heterocycles. The summed E-state index contributed by atoms with van der Waals surface area (Å²) in [6, 6.07) is 5.95. The zero-order chi connectivity index (χ0) is 23.0. The van der Waals surface area contributed by atoms with E-state index in [1.807, 2.05) is 6.92 Å². The van der Waals surface area contributed by atoms with Gasteiger partial charge in [-0.05, 0) is 56.1 Å². The molecular weight excluding hydrogens is 412 g/mol. The lowest BCUT2D eigenvalue weighted by Crippen LogP contribution is -2.50. The number of carbonyl (C=O) groups excluding carboxylic acids is 4. The molecule has 3 amide bonds. The maximum Gasteiger partial charge on any atom is 0.330 e. The Labute approximate surface area is 187 Å².